The summed E-state index contributed by atoms with van der Waals surface area (Å²) in [6.07, 6.45) is 2.49. The highest BCUT2D eigenvalue weighted by Gasteiger charge is 2.25. The van der Waals surface area contributed by atoms with Gasteiger partial charge in [0.2, 0.25) is 0 Å². The van der Waals surface area contributed by atoms with Crippen molar-refractivity contribution in [3.05, 3.63) is 71.3 Å². The predicted octanol–water partition coefficient (Wildman–Crippen LogP) is 4.53. The lowest BCUT2D eigenvalue weighted by Gasteiger charge is -2.29. The summed E-state index contributed by atoms with van der Waals surface area (Å²) in [5.74, 6) is 0.685. The molecule has 0 bridgehead atoms. The third-order valence-electron chi connectivity index (χ3n) is 4.42. The number of ether oxygens (including phenoxy) is 1. The molecule has 1 aliphatic rings. The Hall–Kier alpha value is -1.93. The van der Waals surface area contributed by atoms with Crippen LogP contribution in [0.1, 0.15) is 46.7 Å². The Kier molecular flexibility index (Phi) is 4.69. The average Bonchev–Trinajstić information content (AvgIpc) is 2.56. The zero-order chi connectivity index (χ0) is 15.4. The van der Waals surface area contributed by atoms with Crippen LogP contribution in [0.4, 0.5) is 0 Å². The normalized spacial score (nSPS) is 21.5. The first-order valence-electron chi connectivity index (χ1n) is 7.99. The molecule has 22 heavy (non-hydrogen) atoms. The van der Waals surface area contributed by atoms with Gasteiger partial charge in [-0.2, -0.15) is 0 Å². The van der Waals surface area contributed by atoms with E-state index in [0.29, 0.717) is 12.3 Å². The molecule has 114 valence electrons. The van der Waals surface area contributed by atoms with Gasteiger partial charge in [-0.1, -0.05) is 60.2 Å². The van der Waals surface area contributed by atoms with Gasteiger partial charge in [-0.25, -0.2) is 0 Å². The summed E-state index contributed by atoms with van der Waals surface area (Å²) in [5.41, 5.74) is 3.32. The molecule has 2 aromatic rings. The topological polar surface area (TPSA) is 26.3 Å². The van der Waals surface area contributed by atoms with Gasteiger partial charge in [-0.05, 0) is 31.2 Å². The van der Waals surface area contributed by atoms with E-state index >= 15 is 0 Å². The first kappa shape index (κ1) is 15.0. The summed E-state index contributed by atoms with van der Waals surface area (Å²) in [7, 11) is 0. The predicted molar refractivity (Wildman–Crippen MR) is 88.3 cm³/mol. The maximum atomic E-state index is 12.4. The number of hydrogen-bond donors (Lipinski definition) is 0. The average molecular weight is 294 g/mol. The van der Waals surface area contributed by atoms with E-state index < -0.39 is 0 Å². The summed E-state index contributed by atoms with van der Waals surface area (Å²) in [4.78, 5) is 12.4. The van der Waals surface area contributed by atoms with Crippen molar-refractivity contribution in [2.45, 2.75) is 38.2 Å². The lowest BCUT2D eigenvalue weighted by Crippen LogP contribution is -2.27. The molecule has 2 atom stereocenters. The summed E-state index contributed by atoms with van der Waals surface area (Å²) < 4.78 is 5.82. The van der Waals surface area contributed by atoms with Gasteiger partial charge in [0.25, 0.3) is 0 Å². The summed E-state index contributed by atoms with van der Waals surface area (Å²) in [6, 6.07) is 18.4. The molecule has 0 aromatic heterocycles. The molecule has 1 heterocycles. The standard InChI is InChI=1S/C20H22O2/c1-15-7-9-17(10-8-15)20(21)14-19-13-18(11-12-22-19)16-5-3-2-4-6-16/h2-10,18-19H,11-14H2,1H3/t18-,19+/m0/s1. The number of Topliss-reactive ketones (excluding diaryl/α,β-unsaturated/α-hetero) is 1. The van der Waals surface area contributed by atoms with Crippen molar-refractivity contribution < 1.29 is 9.53 Å². The number of rotatable bonds is 4. The Balaban J connectivity index is 1.63. The molecule has 0 radical (unpaired) electrons. The summed E-state index contributed by atoms with van der Waals surface area (Å²) >= 11 is 0. The molecule has 2 aromatic carbocycles. The van der Waals surface area contributed by atoms with Crippen molar-refractivity contribution in [2.24, 2.45) is 0 Å². The molecule has 0 amide bonds. The van der Waals surface area contributed by atoms with Crippen molar-refractivity contribution in [3.8, 4) is 0 Å². The lowest BCUT2D eigenvalue weighted by atomic mass is 9.87. The molecule has 2 nitrogen and oxygen atoms in total. The summed E-state index contributed by atoms with van der Waals surface area (Å²) in [5, 5.41) is 0. The van der Waals surface area contributed by atoms with E-state index in [1.807, 2.05) is 37.3 Å². The fraction of sp³-hybridized carbons (Fsp3) is 0.350. The molecule has 1 aliphatic heterocycles. The van der Waals surface area contributed by atoms with E-state index in [4.69, 9.17) is 4.74 Å². The quantitative estimate of drug-likeness (QED) is 0.774. The molecular formula is C20H22O2. The summed E-state index contributed by atoms with van der Waals surface area (Å²) in [6.45, 7) is 2.77. The van der Waals surface area contributed by atoms with Crippen LogP contribution >= 0.6 is 0 Å². The van der Waals surface area contributed by atoms with Crippen LogP contribution in [-0.4, -0.2) is 18.5 Å². The van der Waals surface area contributed by atoms with Crippen LogP contribution in [0.25, 0.3) is 0 Å². The van der Waals surface area contributed by atoms with Gasteiger partial charge in [0.05, 0.1) is 6.10 Å². The van der Waals surface area contributed by atoms with Crippen molar-refractivity contribution in [2.75, 3.05) is 6.61 Å². The highest BCUT2D eigenvalue weighted by atomic mass is 16.5. The van der Waals surface area contributed by atoms with E-state index in [2.05, 4.69) is 24.3 Å². The van der Waals surface area contributed by atoms with E-state index in [1.165, 1.54) is 11.1 Å². The molecule has 0 unspecified atom stereocenters. The maximum Gasteiger partial charge on any atom is 0.165 e. The van der Waals surface area contributed by atoms with Crippen LogP contribution in [0.15, 0.2) is 54.6 Å². The first-order valence-corrected chi connectivity index (χ1v) is 7.99. The number of aryl methyl sites for hydroxylation is 1. The van der Waals surface area contributed by atoms with Gasteiger partial charge >= 0.3 is 0 Å². The second-order valence-electron chi connectivity index (χ2n) is 6.12. The molecule has 3 rings (SSSR count). The second kappa shape index (κ2) is 6.89. The Labute approximate surface area is 132 Å². The second-order valence-corrected chi connectivity index (χ2v) is 6.12. The highest BCUT2D eigenvalue weighted by Crippen LogP contribution is 2.31. The molecule has 0 aliphatic carbocycles. The third-order valence-corrected chi connectivity index (χ3v) is 4.42. The number of carbonyl (C=O) groups is 1. The van der Waals surface area contributed by atoms with Crippen molar-refractivity contribution >= 4 is 5.78 Å². The van der Waals surface area contributed by atoms with E-state index in [0.717, 1.165) is 25.0 Å². The van der Waals surface area contributed by atoms with Crippen LogP contribution in [0, 0.1) is 6.92 Å². The minimum absolute atomic E-state index is 0.0350. The zero-order valence-corrected chi connectivity index (χ0v) is 13.0. The molecule has 0 spiro atoms. The van der Waals surface area contributed by atoms with Gasteiger partial charge in [-0.15, -0.1) is 0 Å². The maximum absolute atomic E-state index is 12.4. The Morgan fingerprint density at radius 1 is 1.09 bits per heavy atom. The fourth-order valence-electron chi connectivity index (χ4n) is 3.11. The van der Waals surface area contributed by atoms with Crippen molar-refractivity contribution in [1.29, 1.82) is 0 Å². The minimum atomic E-state index is 0.0350. The first-order chi connectivity index (χ1) is 10.7. The van der Waals surface area contributed by atoms with Gasteiger partial charge in [0, 0.05) is 18.6 Å². The van der Waals surface area contributed by atoms with E-state index in [-0.39, 0.29) is 11.9 Å². The number of hydrogen-bond acceptors (Lipinski definition) is 2. The molecule has 1 saturated heterocycles. The van der Waals surface area contributed by atoms with Gasteiger partial charge < -0.3 is 4.74 Å². The van der Waals surface area contributed by atoms with Crippen molar-refractivity contribution in [1.82, 2.24) is 0 Å². The highest BCUT2D eigenvalue weighted by molar-refractivity contribution is 5.96. The monoisotopic (exact) mass is 294 g/mol. The fourth-order valence-corrected chi connectivity index (χ4v) is 3.11. The van der Waals surface area contributed by atoms with Crippen LogP contribution in [-0.2, 0) is 4.74 Å². The van der Waals surface area contributed by atoms with Crippen molar-refractivity contribution in [3.63, 3.8) is 0 Å². The minimum Gasteiger partial charge on any atom is -0.378 e. The SMILES string of the molecule is Cc1ccc(C(=O)C[C@H]2C[C@@H](c3ccccc3)CCO2)cc1. The molecule has 1 fully saturated rings. The Morgan fingerprint density at radius 3 is 2.55 bits per heavy atom. The van der Waals surface area contributed by atoms with E-state index in [9.17, 15) is 4.79 Å². The Morgan fingerprint density at radius 2 is 1.82 bits per heavy atom. The van der Waals surface area contributed by atoms with Gasteiger partial charge in [0.1, 0.15) is 0 Å². The Bertz CT molecular complexity index is 616. The molecular weight excluding hydrogens is 272 g/mol. The van der Waals surface area contributed by atoms with Crippen LogP contribution < -0.4 is 0 Å². The van der Waals surface area contributed by atoms with Crippen LogP contribution in [0.5, 0.6) is 0 Å². The third kappa shape index (κ3) is 3.63. The van der Waals surface area contributed by atoms with Gasteiger partial charge in [-0.3, -0.25) is 4.79 Å². The number of carbonyl (C=O) groups excluding carboxylic acids is 1. The molecule has 2 heteroatoms. The van der Waals surface area contributed by atoms with Gasteiger partial charge in [0.15, 0.2) is 5.78 Å². The van der Waals surface area contributed by atoms with Crippen LogP contribution in [0.3, 0.4) is 0 Å². The van der Waals surface area contributed by atoms with Crippen LogP contribution in [0.2, 0.25) is 0 Å². The number of benzene rings is 2. The number of ketones is 1. The molecule has 0 N–H and O–H groups in total. The smallest absolute Gasteiger partial charge is 0.165 e. The lowest BCUT2D eigenvalue weighted by molar-refractivity contribution is 0.00426. The zero-order valence-electron chi connectivity index (χ0n) is 13.0. The van der Waals surface area contributed by atoms with E-state index in [1.54, 1.807) is 0 Å². The molecule has 0 saturated carbocycles. The largest absolute Gasteiger partial charge is 0.378 e.